The van der Waals surface area contributed by atoms with Crippen LogP contribution in [-0.4, -0.2) is 21.7 Å². The van der Waals surface area contributed by atoms with Gasteiger partial charge in [-0.3, -0.25) is 0 Å². The van der Waals surface area contributed by atoms with Gasteiger partial charge in [-0.1, -0.05) is 23.2 Å². The van der Waals surface area contributed by atoms with E-state index in [1.165, 1.54) is 18.2 Å². The van der Waals surface area contributed by atoms with Gasteiger partial charge in [0.2, 0.25) is 0 Å². The van der Waals surface area contributed by atoms with E-state index in [4.69, 9.17) is 38.2 Å². The van der Waals surface area contributed by atoms with Crippen molar-refractivity contribution in [3.05, 3.63) is 23.2 Å². The van der Waals surface area contributed by atoms with Crippen LogP contribution in [0.25, 0.3) is 0 Å². The first-order valence-electron chi connectivity index (χ1n) is 3.53. The molecule has 0 aliphatic carbocycles. The lowest BCUT2D eigenvalue weighted by Crippen LogP contribution is -2.20. The molecule has 0 saturated carbocycles. The van der Waals surface area contributed by atoms with E-state index in [1.54, 1.807) is 0 Å². The van der Waals surface area contributed by atoms with E-state index in [9.17, 15) is 4.79 Å². The molecule has 0 saturated heterocycles. The van der Waals surface area contributed by atoms with Crippen molar-refractivity contribution in [1.29, 1.82) is 0 Å². The van der Waals surface area contributed by atoms with Gasteiger partial charge in [0.15, 0.2) is 0 Å². The summed E-state index contributed by atoms with van der Waals surface area (Å²) in [6, 6.07) is 3.96. The molecule has 1 atom stereocenters. The van der Waals surface area contributed by atoms with Gasteiger partial charge in [0.1, 0.15) is 11.5 Å². The predicted molar refractivity (Wildman–Crippen MR) is 51.0 cm³/mol. The van der Waals surface area contributed by atoms with Gasteiger partial charge in [-0.25, -0.2) is 4.79 Å². The molecule has 0 aliphatic heterocycles. The molecule has 1 rings (SSSR count). The Morgan fingerprint density at radius 2 is 2.14 bits per heavy atom. The fourth-order valence-electron chi connectivity index (χ4n) is 0.736. The second-order valence-electron chi connectivity index (χ2n) is 2.39. The molecule has 0 spiro atoms. The Bertz CT molecular complexity index is 353. The number of halogens is 2. The number of ether oxygens (including phenoxy) is 1. The molecular formula is C8H6Cl2O4. The number of carboxylic acids is 1. The zero-order valence-electron chi connectivity index (χ0n) is 6.78. The van der Waals surface area contributed by atoms with Crippen molar-refractivity contribution in [2.24, 2.45) is 0 Å². The van der Waals surface area contributed by atoms with Crippen molar-refractivity contribution in [3.8, 4) is 11.5 Å². The topological polar surface area (TPSA) is 66.8 Å². The molecule has 0 fully saturated rings. The Morgan fingerprint density at radius 3 is 2.64 bits per heavy atom. The van der Waals surface area contributed by atoms with E-state index in [1.807, 2.05) is 0 Å². The highest BCUT2D eigenvalue weighted by Gasteiger charge is 2.15. The van der Waals surface area contributed by atoms with Crippen molar-refractivity contribution in [2.75, 3.05) is 0 Å². The number of rotatable bonds is 3. The third-order valence-electron chi connectivity index (χ3n) is 1.35. The summed E-state index contributed by atoms with van der Waals surface area (Å²) in [5.41, 5.74) is -1.49. The van der Waals surface area contributed by atoms with Crippen LogP contribution in [0.3, 0.4) is 0 Å². The third-order valence-corrected chi connectivity index (χ3v) is 1.95. The number of aromatic hydroxyl groups is 1. The lowest BCUT2D eigenvalue weighted by Gasteiger charge is -2.08. The Kier molecular flexibility index (Phi) is 3.43. The monoisotopic (exact) mass is 236 g/mol. The molecule has 0 amide bonds. The quantitative estimate of drug-likeness (QED) is 0.789. The Hall–Kier alpha value is -1.13. The van der Waals surface area contributed by atoms with Crippen LogP contribution in [0.15, 0.2) is 18.2 Å². The molecule has 2 N–H and O–H groups in total. The molecule has 0 aliphatic rings. The fourth-order valence-corrected chi connectivity index (χ4v) is 0.956. The standard InChI is InChI=1S/C8H6Cl2O4/c9-5-2-1-4(3-6(5)11)14-7(10)8(12)13/h1-3,7,11H,(H,12,13). The second kappa shape index (κ2) is 4.39. The van der Waals surface area contributed by atoms with Gasteiger partial charge in [0.25, 0.3) is 5.56 Å². The summed E-state index contributed by atoms with van der Waals surface area (Å²) in [6.45, 7) is 0. The number of phenolic OH excluding ortho intramolecular Hbond substituents is 1. The molecule has 14 heavy (non-hydrogen) atoms. The third kappa shape index (κ3) is 2.68. The van der Waals surface area contributed by atoms with Crippen LogP contribution in [0.4, 0.5) is 0 Å². The second-order valence-corrected chi connectivity index (χ2v) is 3.19. The van der Waals surface area contributed by atoms with Crippen LogP contribution in [0.2, 0.25) is 5.02 Å². The maximum absolute atomic E-state index is 10.3. The number of carboxylic acid groups (broad SMARTS) is 1. The van der Waals surface area contributed by atoms with Crippen molar-refractivity contribution in [1.82, 2.24) is 0 Å². The summed E-state index contributed by atoms with van der Waals surface area (Å²) in [4.78, 5) is 10.3. The average Bonchev–Trinajstić information content (AvgIpc) is 2.11. The molecule has 76 valence electrons. The zero-order valence-corrected chi connectivity index (χ0v) is 8.29. The van der Waals surface area contributed by atoms with E-state index in [0.717, 1.165) is 0 Å². The SMILES string of the molecule is O=C(O)C(Cl)Oc1ccc(Cl)c(O)c1. The van der Waals surface area contributed by atoms with E-state index in [2.05, 4.69) is 0 Å². The highest BCUT2D eigenvalue weighted by Crippen LogP contribution is 2.28. The number of alkyl halides is 1. The van der Waals surface area contributed by atoms with E-state index in [0.29, 0.717) is 0 Å². The van der Waals surface area contributed by atoms with Gasteiger partial charge in [-0.15, -0.1) is 0 Å². The summed E-state index contributed by atoms with van der Waals surface area (Å²) < 4.78 is 4.76. The molecule has 1 aromatic rings. The number of hydrogen-bond acceptors (Lipinski definition) is 3. The molecule has 0 radical (unpaired) electrons. The van der Waals surface area contributed by atoms with E-state index < -0.39 is 11.5 Å². The first-order valence-corrected chi connectivity index (χ1v) is 4.34. The highest BCUT2D eigenvalue weighted by atomic mass is 35.5. The average molecular weight is 237 g/mol. The summed E-state index contributed by atoms with van der Waals surface area (Å²) in [5.74, 6) is -1.37. The lowest BCUT2D eigenvalue weighted by molar-refractivity contribution is -0.141. The minimum atomic E-state index is -1.49. The Labute approximate surface area is 89.6 Å². The Balaban J connectivity index is 2.78. The summed E-state index contributed by atoms with van der Waals surface area (Å²) in [6.07, 6.45) is 0. The minimum Gasteiger partial charge on any atom is -0.506 e. The zero-order chi connectivity index (χ0) is 10.7. The fraction of sp³-hybridized carbons (Fsp3) is 0.125. The summed E-state index contributed by atoms with van der Waals surface area (Å²) in [5, 5.41) is 17.7. The van der Waals surface area contributed by atoms with Gasteiger partial charge in [0, 0.05) is 6.07 Å². The summed E-state index contributed by atoms with van der Waals surface area (Å²) >= 11 is 10.8. The van der Waals surface area contributed by atoms with Crippen molar-refractivity contribution >= 4 is 29.2 Å². The molecule has 6 heteroatoms. The minimum absolute atomic E-state index is 0.134. The lowest BCUT2D eigenvalue weighted by atomic mass is 10.3. The summed E-state index contributed by atoms with van der Waals surface area (Å²) in [7, 11) is 0. The maximum atomic E-state index is 10.3. The molecule has 1 aromatic carbocycles. The van der Waals surface area contributed by atoms with E-state index >= 15 is 0 Å². The highest BCUT2D eigenvalue weighted by molar-refractivity contribution is 6.32. The van der Waals surface area contributed by atoms with Crippen molar-refractivity contribution in [2.45, 2.75) is 5.56 Å². The molecular weight excluding hydrogens is 231 g/mol. The molecule has 1 unspecified atom stereocenters. The molecule has 0 aromatic heterocycles. The number of hydrogen-bond donors (Lipinski definition) is 2. The van der Waals surface area contributed by atoms with Crippen LogP contribution >= 0.6 is 23.2 Å². The van der Waals surface area contributed by atoms with Crippen LogP contribution in [-0.2, 0) is 4.79 Å². The van der Waals surface area contributed by atoms with Crippen LogP contribution < -0.4 is 4.74 Å². The van der Waals surface area contributed by atoms with Crippen molar-refractivity contribution < 1.29 is 19.7 Å². The Morgan fingerprint density at radius 1 is 1.50 bits per heavy atom. The van der Waals surface area contributed by atoms with Crippen LogP contribution in [0.1, 0.15) is 0 Å². The number of aliphatic carboxylic acids is 1. The normalized spacial score (nSPS) is 12.1. The van der Waals surface area contributed by atoms with Crippen molar-refractivity contribution in [3.63, 3.8) is 0 Å². The van der Waals surface area contributed by atoms with Crippen LogP contribution in [0.5, 0.6) is 11.5 Å². The maximum Gasteiger partial charge on any atom is 0.360 e. The molecule has 0 heterocycles. The van der Waals surface area contributed by atoms with Gasteiger partial charge >= 0.3 is 5.97 Å². The first-order chi connectivity index (χ1) is 6.50. The predicted octanol–water partition coefficient (Wildman–Crippen LogP) is 2.07. The first kappa shape index (κ1) is 10.9. The van der Waals surface area contributed by atoms with Gasteiger partial charge in [-0.05, 0) is 12.1 Å². The van der Waals surface area contributed by atoms with E-state index in [-0.39, 0.29) is 16.5 Å². The smallest absolute Gasteiger partial charge is 0.360 e. The number of benzene rings is 1. The van der Waals surface area contributed by atoms with Crippen LogP contribution in [0, 0.1) is 0 Å². The van der Waals surface area contributed by atoms with Gasteiger partial charge in [0.05, 0.1) is 5.02 Å². The van der Waals surface area contributed by atoms with Gasteiger partial charge < -0.3 is 14.9 Å². The number of carbonyl (C=O) groups is 1. The number of phenols is 1. The molecule has 0 bridgehead atoms. The molecule has 4 nitrogen and oxygen atoms in total. The van der Waals surface area contributed by atoms with Gasteiger partial charge in [-0.2, -0.15) is 0 Å². The largest absolute Gasteiger partial charge is 0.506 e.